The summed E-state index contributed by atoms with van der Waals surface area (Å²) in [6.07, 6.45) is 37.9. The van der Waals surface area contributed by atoms with Crippen LogP contribution in [0.2, 0.25) is 0 Å². The van der Waals surface area contributed by atoms with E-state index in [0.29, 0.717) is 12.8 Å². The molecule has 1 fully saturated rings. The predicted octanol–water partition coefficient (Wildman–Crippen LogP) is 11.8. The summed E-state index contributed by atoms with van der Waals surface area (Å²) in [6.45, 7) is 3.82. The molecule has 0 aliphatic carbocycles. The quantitative estimate of drug-likeness (QED) is 0.0261. The van der Waals surface area contributed by atoms with Gasteiger partial charge in [0.1, 0.15) is 24.9 Å². The van der Waals surface area contributed by atoms with E-state index in [9.17, 15) is 34.8 Å². The van der Waals surface area contributed by atoms with Crippen LogP contribution in [-0.4, -0.2) is 88.4 Å². The van der Waals surface area contributed by atoms with Crippen molar-refractivity contribution >= 4 is 17.9 Å². The van der Waals surface area contributed by atoms with E-state index >= 15 is 0 Å². The molecule has 6 unspecified atom stereocenters. The van der Waals surface area contributed by atoms with Crippen LogP contribution in [0.15, 0.2) is 24.3 Å². The lowest BCUT2D eigenvalue weighted by Gasteiger charge is -2.38. The van der Waals surface area contributed by atoms with Crippen molar-refractivity contribution in [3.8, 4) is 0 Å². The summed E-state index contributed by atoms with van der Waals surface area (Å²) in [5.41, 5.74) is 0. The lowest BCUT2D eigenvalue weighted by molar-refractivity contribution is -0.298. The molecule has 62 heavy (non-hydrogen) atoms. The van der Waals surface area contributed by atoms with E-state index in [4.69, 9.17) is 18.9 Å². The second-order valence-corrected chi connectivity index (χ2v) is 17.7. The van der Waals surface area contributed by atoms with Crippen LogP contribution in [0.3, 0.4) is 0 Å². The van der Waals surface area contributed by atoms with E-state index in [1.165, 1.54) is 141 Å². The number of carbonyl (C=O) groups excluding carboxylic acids is 2. The van der Waals surface area contributed by atoms with Gasteiger partial charge in [-0.15, -0.1) is 0 Å². The standard InChI is InChI=1S/C51H92O11/c1-3-5-7-9-11-13-15-17-19-21-22-24-26-28-30-32-34-36-38-40-45(53)61-43(42-60-51-48(56)46(54)47(55)49(62-51)50(57)58)41-59-44(52)39-37-35-33-31-29-27-25-23-20-18-16-14-12-10-8-6-4-2/h12,14,18,20,43,46-49,51,54-56H,3-11,13,15-17,19,21-42H2,1-2H3,(H,57,58)/b14-12-,20-18-. The average Bonchev–Trinajstić information content (AvgIpc) is 3.26. The molecule has 0 amide bonds. The van der Waals surface area contributed by atoms with Gasteiger partial charge >= 0.3 is 17.9 Å². The number of aliphatic hydroxyl groups excluding tert-OH is 3. The molecule has 0 radical (unpaired) electrons. The summed E-state index contributed by atoms with van der Waals surface area (Å²) in [4.78, 5) is 37.0. The van der Waals surface area contributed by atoms with Gasteiger partial charge in [-0.3, -0.25) is 9.59 Å². The number of hydrogen-bond acceptors (Lipinski definition) is 10. The van der Waals surface area contributed by atoms with Crippen molar-refractivity contribution in [3.05, 3.63) is 24.3 Å². The normalized spacial score (nSPS) is 19.7. The largest absolute Gasteiger partial charge is 0.479 e. The maximum absolute atomic E-state index is 12.8. The van der Waals surface area contributed by atoms with Gasteiger partial charge in [0.25, 0.3) is 0 Å². The van der Waals surface area contributed by atoms with Crippen molar-refractivity contribution in [1.29, 1.82) is 0 Å². The number of carboxylic acids is 1. The molecule has 11 heteroatoms. The smallest absolute Gasteiger partial charge is 0.335 e. The van der Waals surface area contributed by atoms with Crippen molar-refractivity contribution in [3.63, 3.8) is 0 Å². The number of esters is 2. The minimum Gasteiger partial charge on any atom is -0.479 e. The molecule has 6 atom stereocenters. The highest BCUT2D eigenvalue weighted by atomic mass is 16.7. The van der Waals surface area contributed by atoms with Crippen molar-refractivity contribution in [2.24, 2.45) is 0 Å². The van der Waals surface area contributed by atoms with Crippen LogP contribution in [0.25, 0.3) is 0 Å². The first-order valence-electron chi connectivity index (χ1n) is 25.4. The van der Waals surface area contributed by atoms with E-state index < -0.39 is 54.7 Å². The molecule has 0 aromatic heterocycles. The molecule has 0 bridgehead atoms. The number of allylic oxidation sites excluding steroid dienone is 4. The Morgan fingerprint density at radius 1 is 0.500 bits per heavy atom. The van der Waals surface area contributed by atoms with Crippen molar-refractivity contribution in [2.45, 2.75) is 269 Å². The van der Waals surface area contributed by atoms with Crippen LogP contribution in [0.1, 0.15) is 232 Å². The molecule has 11 nitrogen and oxygen atoms in total. The van der Waals surface area contributed by atoms with Gasteiger partial charge in [-0.25, -0.2) is 4.79 Å². The lowest BCUT2D eigenvalue weighted by Crippen LogP contribution is -2.60. The Hall–Kier alpha value is -2.31. The number of carbonyl (C=O) groups is 3. The van der Waals surface area contributed by atoms with Crippen LogP contribution in [0.4, 0.5) is 0 Å². The highest BCUT2D eigenvalue weighted by Gasteiger charge is 2.47. The highest BCUT2D eigenvalue weighted by Crippen LogP contribution is 2.23. The van der Waals surface area contributed by atoms with Crippen molar-refractivity contribution < 1.29 is 53.8 Å². The molecule has 4 N–H and O–H groups in total. The first-order valence-corrected chi connectivity index (χ1v) is 25.4. The van der Waals surface area contributed by atoms with E-state index in [1.807, 2.05) is 0 Å². The summed E-state index contributed by atoms with van der Waals surface area (Å²) in [7, 11) is 0. The topological polar surface area (TPSA) is 169 Å². The fourth-order valence-electron chi connectivity index (χ4n) is 7.79. The van der Waals surface area contributed by atoms with Gasteiger partial charge in [0, 0.05) is 12.8 Å². The van der Waals surface area contributed by atoms with E-state index in [2.05, 4.69) is 38.2 Å². The van der Waals surface area contributed by atoms with Gasteiger partial charge in [-0.1, -0.05) is 199 Å². The summed E-state index contributed by atoms with van der Waals surface area (Å²) >= 11 is 0. The summed E-state index contributed by atoms with van der Waals surface area (Å²) in [6, 6.07) is 0. The van der Waals surface area contributed by atoms with E-state index in [0.717, 1.165) is 51.4 Å². The molecule has 1 aliphatic heterocycles. The molecule has 0 aromatic carbocycles. The predicted molar refractivity (Wildman–Crippen MR) is 248 cm³/mol. The third-order valence-corrected chi connectivity index (χ3v) is 11.8. The zero-order valence-electron chi connectivity index (χ0n) is 39.4. The summed E-state index contributed by atoms with van der Waals surface area (Å²) < 4.78 is 21.8. The molecule has 1 aliphatic rings. The summed E-state index contributed by atoms with van der Waals surface area (Å²) in [5, 5.41) is 39.9. The molecule has 0 aromatic rings. The van der Waals surface area contributed by atoms with Crippen LogP contribution >= 0.6 is 0 Å². The minimum absolute atomic E-state index is 0.186. The zero-order valence-corrected chi connectivity index (χ0v) is 39.4. The number of aliphatic hydroxyl groups is 3. The average molecular weight is 881 g/mol. The fourth-order valence-corrected chi connectivity index (χ4v) is 7.79. The van der Waals surface area contributed by atoms with E-state index in [1.54, 1.807) is 0 Å². The number of unbranched alkanes of at least 4 members (excludes halogenated alkanes) is 28. The van der Waals surface area contributed by atoms with Gasteiger partial charge in [-0.05, 0) is 44.9 Å². The Balaban J connectivity index is 2.30. The van der Waals surface area contributed by atoms with Crippen molar-refractivity contribution in [2.75, 3.05) is 13.2 Å². The van der Waals surface area contributed by atoms with Crippen molar-refractivity contribution in [1.82, 2.24) is 0 Å². The minimum atomic E-state index is -1.86. The molecule has 1 rings (SSSR count). The first-order chi connectivity index (χ1) is 30.2. The SMILES string of the molecule is CCCCC/C=C\C/C=C\CCCCCCCCCC(=O)OCC(COC1OC(C(=O)O)C(O)C(O)C1O)OC(=O)CCCCCCCCCCCCCCCCCCCCC. The third kappa shape index (κ3) is 32.4. The number of ether oxygens (including phenoxy) is 4. The van der Waals surface area contributed by atoms with Crippen LogP contribution < -0.4 is 0 Å². The van der Waals surface area contributed by atoms with Gasteiger partial charge < -0.3 is 39.4 Å². The molecular weight excluding hydrogens is 789 g/mol. The van der Waals surface area contributed by atoms with Gasteiger partial charge in [0.2, 0.25) is 0 Å². The number of aliphatic carboxylic acids is 1. The Morgan fingerprint density at radius 3 is 1.37 bits per heavy atom. The number of hydrogen-bond donors (Lipinski definition) is 4. The molecule has 1 saturated heterocycles. The monoisotopic (exact) mass is 881 g/mol. The lowest BCUT2D eigenvalue weighted by atomic mass is 9.99. The van der Waals surface area contributed by atoms with E-state index in [-0.39, 0.29) is 26.1 Å². The second kappa shape index (κ2) is 41.4. The van der Waals surface area contributed by atoms with Crippen LogP contribution in [0.5, 0.6) is 0 Å². The zero-order chi connectivity index (χ0) is 45.3. The third-order valence-electron chi connectivity index (χ3n) is 11.8. The Bertz CT molecular complexity index is 1130. The summed E-state index contributed by atoms with van der Waals surface area (Å²) in [5.74, 6) is -2.44. The van der Waals surface area contributed by atoms with Crippen LogP contribution in [0, 0.1) is 0 Å². The van der Waals surface area contributed by atoms with Gasteiger partial charge in [0.05, 0.1) is 6.61 Å². The van der Waals surface area contributed by atoms with Gasteiger partial charge in [-0.2, -0.15) is 0 Å². The fraction of sp³-hybridized carbons (Fsp3) is 0.863. The molecular formula is C51H92O11. The number of carboxylic acid groups (broad SMARTS) is 1. The Morgan fingerprint density at radius 2 is 0.903 bits per heavy atom. The number of rotatable bonds is 43. The highest BCUT2D eigenvalue weighted by molar-refractivity contribution is 5.73. The molecule has 0 saturated carbocycles. The second-order valence-electron chi connectivity index (χ2n) is 17.7. The van der Waals surface area contributed by atoms with Gasteiger partial charge in [0.15, 0.2) is 18.5 Å². The maximum Gasteiger partial charge on any atom is 0.335 e. The maximum atomic E-state index is 12.8. The molecule has 1 heterocycles. The Labute approximate surface area is 377 Å². The molecule has 362 valence electrons. The van der Waals surface area contributed by atoms with Crippen LogP contribution in [-0.2, 0) is 33.3 Å². The Kier molecular flexibility index (Phi) is 38.5. The molecule has 0 spiro atoms. The first kappa shape index (κ1) is 57.7.